The number of likely N-dealkylation sites (tertiary alicyclic amines) is 1. The van der Waals surface area contributed by atoms with Crippen molar-refractivity contribution in [1.29, 1.82) is 0 Å². The van der Waals surface area contributed by atoms with Crippen molar-refractivity contribution in [3.8, 4) is 0 Å². The molecule has 0 N–H and O–H groups in total. The van der Waals surface area contributed by atoms with Crippen molar-refractivity contribution in [3.05, 3.63) is 53.0 Å². The van der Waals surface area contributed by atoms with Gasteiger partial charge in [0.2, 0.25) is 0 Å². The summed E-state index contributed by atoms with van der Waals surface area (Å²) in [7, 11) is 0. The second kappa shape index (κ2) is 5.73. The lowest BCUT2D eigenvalue weighted by molar-refractivity contribution is 0.0787. The maximum atomic E-state index is 12.7. The van der Waals surface area contributed by atoms with E-state index in [0.717, 1.165) is 28.5 Å². The minimum absolute atomic E-state index is 0.0336. The van der Waals surface area contributed by atoms with E-state index >= 15 is 0 Å². The van der Waals surface area contributed by atoms with Gasteiger partial charge < -0.3 is 4.90 Å². The standard InChI is InChI=1S/C16H14BrN5O/c17-12-8-20-22(9-12)13-3-6-21(10-13)16(23)11-1-2-14-15(7-11)19-5-4-18-14/h1-2,4-5,7-9,13H,3,6,10H2. The Hall–Kier alpha value is -2.28. The van der Waals surface area contributed by atoms with Crippen LogP contribution in [0.25, 0.3) is 11.0 Å². The Morgan fingerprint density at radius 3 is 2.83 bits per heavy atom. The van der Waals surface area contributed by atoms with E-state index in [2.05, 4.69) is 31.0 Å². The molecule has 4 rings (SSSR count). The molecule has 23 heavy (non-hydrogen) atoms. The first-order valence-corrected chi connectivity index (χ1v) is 8.20. The number of carbonyl (C=O) groups excluding carboxylic acids is 1. The maximum Gasteiger partial charge on any atom is 0.254 e. The van der Waals surface area contributed by atoms with Crippen LogP contribution in [0.4, 0.5) is 0 Å². The minimum Gasteiger partial charge on any atom is -0.336 e. The normalized spacial score (nSPS) is 17.8. The molecule has 1 aliphatic rings. The Bertz CT molecular complexity index is 878. The fourth-order valence-corrected chi connectivity index (χ4v) is 3.24. The number of halogens is 1. The SMILES string of the molecule is O=C(c1ccc2nccnc2c1)N1CCC(n2cc(Br)cn2)C1. The zero-order valence-electron chi connectivity index (χ0n) is 12.3. The highest BCUT2D eigenvalue weighted by Crippen LogP contribution is 2.24. The smallest absolute Gasteiger partial charge is 0.254 e. The zero-order valence-corrected chi connectivity index (χ0v) is 13.8. The number of aromatic nitrogens is 4. The van der Waals surface area contributed by atoms with E-state index in [1.54, 1.807) is 18.6 Å². The van der Waals surface area contributed by atoms with Crippen molar-refractivity contribution in [2.24, 2.45) is 0 Å². The van der Waals surface area contributed by atoms with Gasteiger partial charge in [-0.1, -0.05) is 0 Å². The highest BCUT2D eigenvalue weighted by atomic mass is 79.9. The van der Waals surface area contributed by atoms with Crippen LogP contribution in [0.2, 0.25) is 0 Å². The third-order valence-electron chi connectivity index (χ3n) is 4.11. The van der Waals surface area contributed by atoms with Crippen molar-refractivity contribution >= 4 is 32.9 Å². The number of amides is 1. The molecule has 6 nitrogen and oxygen atoms in total. The van der Waals surface area contributed by atoms with Crippen molar-refractivity contribution in [2.75, 3.05) is 13.1 Å². The monoisotopic (exact) mass is 371 g/mol. The molecule has 1 unspecified atom stereocenters. The Kier molecular flexibility index (Phi) is 3.57. The summed E-state index contributed by atoms with van der Waals surface area (Å²) >= 11 is 3.41. The minimum atomic E-state index is 0.0336. The zero-order chi connectivity index (χ0) is 15.8. The van der Waals surface area contributed by atoms with E-state index < -0.39 is 0 Å². The van der Waals surface area contributed by atoms with E-state index in [1.807, 2.05) is 34.0 Å². The molecule has 1 saturated heterocycles. The van der Waals surface area contributed by atoms with Crippen LogP contribution in [-0.2, 0) is 0 Å². The van der Waals surface area contributed by atoms with Crippen molar-refractivity contribution in [3.63, 3.8) is 0 Å². The van der Waals surface area contributed by atoms with Crippen LogP contribution in [0, 0.1) is 0 Å². The number of nitrogens with zero attached hydrogens (tertiary/aromatic N) is 5. The van der Waals surface area contributed by atoms with Gasteiger partial charge in [0, 0.05) is 37.2 Å². The van der Waals surface area contributed by atoms with Gasteiger partial charge in [-0.2, -0.15) is 5.10 Å². The van der Waals surface area contributed by atoms with Gasteiger partial charge in [0.25, 0.3) is 5.91 Å². The molecular weight excluding hydrogens is 358 g/mol. The number of benzene rings is 1. The summed E-state index contributed by atoms with van der Waals surface area (Å²) in [5.41, 5.74) is 2.19. The predicted molar refractivity (Wildman–Crippen MR) is 89.0 cm³/mol. The highest BCUT2D eigenvalue weighted by molar-refractivity contribution is 9.10. The summed E-state index contributed by atoms with van der Waals surface area (Å²) in [6.07, 6.45) is 7.92. The molecule has 1 aliphatic heterocycles. The molecule has 2 aromatic heterocycles. The molecule has 3 aromatic rings. The van der Waals surface area contributed by atoms with Gasteiger partial charge in [0.1, 0.15) is 0 Å². The van der Waals surface area contributed by atoms with Crippen LogP contribution >= 0.6 is 15.9 Å². The molecule has 1 fully saturated rings. The van der Waals surface area contributed by atoms with Gasteiger partial charge in [-0.15, -0.1) is 0 Å². The molecule has 0 aliphatic carbocycles. The number of carbonyl (C=O) groups is 1. The largest absolute Gasteiger partial charge is 0.336 e. The van der Waals surface area contributed by atoms with Crippen LogP contribution in [0.15, 0.2) is 47.5 Å². The molecule has 1 atom stereocenters. The van der Waals surface area contributed by atoms with E-state index in [4.69, 9.17) is 0 Å². The summed E-state index contributed by atoms with van der Waals surface area (Å²) in [6.45, 7) is 1.41. The topological polar surface area (TPSA) is 63.9 Å². The highest BCUT2D eigenvalue weighted by Gasteiger charge is 2.28. The summed E-state index contributed by atoms with van der Waals surface area (Å²) in [4.78, 5) is 23.1. The fraction of sp³-hybridized carbons (Fsp3) is 0.250. The van der Waals surface area contributed by atoms with Crippen LogP contribution in [0.1, 0.15) is 22.8 Å². The second-order valence-electron chi connectivity index (χ2n) is 5.59. The van der Waals surface area contributed by atoms with Crippen LogP contribution in [-0.4, -0.2) is 43.6 Å². The summed E-state index contributed by atoms with van der Waals surface area (Å²) < 4.78 is 2.87. The number of hydrogen-bond donors (Lipinski definition) is 0. The maximum absolute atomic E-state index is 12.7. The van der Waals surface area contributed by atoms with Gasteiger partial charge in [0.15, 0.2) is 0 Å². The van der Waals surface area contributed by atoms with Gasteiger partial charge in [-0.3, -0.25) is 19.4 Å². The molecular formula is C16H14BrN5O. The average Bonchev–Trinajstić information content (AvgIpc) is 3.22. The quantitative estimate of drug-likeness (QED) is 0.694. The van der Waals surface area contributed by atoms with Gasteiger partial charge in [-0.05, 0) is 40.5 Å². The van der Waals surface area contributed by atoms with Crippen molar-refractivity contribution < 1.29 is 4.79 Å². The van der Waals surface area contributed by atoms with E-state index in [1.165, 1.54) is 0 Å². The van der Waals surface area contributed by atoms with E-state index in [-0.39, 0.29) is 11.9 Å². The molecule has 116 valence electrons. The Morgan fingerprint density at radius 1 is 1.22 bits per heavy atom. The second-order valence-corrected chi connectivity index (χ2v) is 6.51. The third-order valence-corrected chi connectivity index (χ3v) is 4.52. The van der Waals surface area contributed by atoms with Crippen molar-refractivity contribution in [2.45, 2.75) is 12.5 Å². The molecule has 0 spiro atoms. The molecule has 0 bridgehead atoms. The Morgan fingerprint density at radius 2 is 2.04 bits per heavy atom. The van der Waals surface area contributed by atoms with Crippen LogP contribution < -0.4 is 0 Å². The molecule has 7 heteroatoms. The fourth-order valence-electron chi connectivity index (χ4n) is 2.94. The number of fused-ring (bicyclic) bond motifs is 1. The average molecular weight is 372 g/mol. The van der Waals surface area contributed by atoms with E-state index in [9.17, 15) is 4.79 Å². The summed E-state index contributed by atoms with van der Waals surface area (Å²) in [6, 6.07) is 5.69. The van der Waals surface area contributed by atoms with Gasteiger partial charge in [-0.25, -0.2) is 0 Å². The van der Waals surface area contributed by atoms with Gasteiger partial charge in [0.05, 0.1) is 27.7 Å². The lowest BCUT2D eigenvalue weighted by Gasteiger charge is -2.17. The van der Waals surface area contributed by atoms with Gasteiger partial charge >= 0.3 is 0 Å². The Balaban J connectivity index is 1.54. The first kappa shape index (κ1) is 14.3. The number of rotatable bonds is 2. The number of hydrogen-bond acceptors (Lipinski definition) is 4. The lowest BCUT2D eigenvalue weighted by atomic mass is 10.1. The van der Waals surface area contributed by atoms with Crippen LogP contribution in [0.5, 0.6) is 0 Å². The molecule has 1 aromatic carbocycles. The molecule has 0 radical (unpaired) electrons. The van der Waals surface area contributed by atoms with Crippen molar-refractivity contribution in [1.82, 2.24) is 24.6 Å². The molecule has 1 amide bonds. The van der Waals surface area contributed by atoms with Crippen LogP contribution in [0.3, 0.4) is 0 Å². The first-order valence-electron chi connectivity index (χ1n) is 7.40. The summed E-state index contributed by atoms with van der Waals surface area (Å²) in [5, 5.41) is 4.32. The molecule has 3 heterocycles. The first-order chi connectivity index (χ1) is 11.2. The third kappa shape index (κ3) is 2.72. The molecule has 0 saturated carbocycles. The Labute approximate surface area is 141 Å². The predicted octanol–water partition coefficient (Wildman–Crippen LogP) is 2.68. The lowest BCUT2D eigenvalue weighted by Crippen LogP contribution is -2.29. The summed E-state index contributed by atoms with van der Waals surface area (Å²) in [5.74, 6) is 0.0336. The van der Waals surface area contributed by atoms with E-state index in [0.29, 0.717) is 12.1 Å².